The van der Waals surface area contributed by atoms with Gasteiger partial charge in [0, 0.05) is 25.7 Å². The van der Waals surface area contributed by atoms with Gasteiger partial charge >= 0.3 is 0 Å². The molecular weight excluding hydrogens is 178 g/mol. The second-order valence-corrected chi connectivity index (χ2v) is 3.96. The van der Waals surface area contributed by atoms with Crippen LogP contribution >= 0.6 is 0 Å². The lowest BCUT2D eigenvalue weighted by Crippen LogP contribution is -2.36. The fourth-order valence-electron chi connectivity index (χ4n) is 1.97. The number of rotatable bonds is 3. The molecule has 1 aliphatic rings. The highest BCUT2D eigenvalue weighted by Gasteiger charge is 2.23. The third kappa shape index (κ3) is 2.13. The second kappa shape index (κ2) is 4.11. The summed E-state index contributed by atoms with van der Waals surface area (Å²) >= 11 is 0. The van der Waals surface area contributed by atoms with Crippen LogP contribution in [0.5, 0.6) is 0 Å². The van der Waals surface area contributed by atoms with E-state index in [0.29, 0.717) is 6.42 Å². The Balaban J connectivity index is 1.90. The molecule has 1 aromatic heterocycles. The second-order valence-electron chi connectivity index (χ2n) is 3.96. The van der Waals surface area contributed by atoms with Crippen LogP contribution in [0.3, 0.4) is 0 Å². The molecule has 0 spiro atoms. The van der Waals surface area contributed by atoms with Crippen molar-refractivity contribution in [2.75, 3.05) is 6.54 Å². The summed E-state index contributed by atoms with van der Waals surface area (Å²) in [7, 11) is 1.89. The molecule has 1 aliphatic heterocycles. The first kappa shape index (κ1) is 9.68. The number of aliphatic hydroxyl groups excluding tert-OH is 1. The fraction of sp³-hybridized carbons (Fsp3) is 0.700. The van der Waals surface area contributed by atoms with Gasteiger partial charge in [0.1, 0.15) is 0 Å². The molecule has 0 amide bonds. The summed E-state index contributed by atoms with van der Waals surface area (Å²) in [5.74, 6) is 0. The molecule has 2 N–H and O–H groups in total. The van der Waals surface area contributed by atoms with Gasteiger partial charge in [0.05, 0.1) is 11.8 Å². The van der Waals surface area contributed by atoms with Crippen molar-refractivity contribution >= 4 is 0 Å². The first-order chi connectivity index (χ1) is 6.75. The maximum Gasteiger partial charge on any atom is 0.0749 e. The van der Waals surface area contributed by atoms with Gasteiger partial charge < -0.3 is 10.4 Å². The zero-order valence-electron chi connectivity index (χ0n) is 8.48. The van der Waals surface area contributed by atoms with E-state index in [4.69, 9.17) is 0 Å². The summed E-state index contributed by atoms with van der Waals surface area (Å²) < 4.78 is 1.77. The van der Waals surface area contributed by atoms with Crippen molar-refractivity contribution in [1.82, 2.24) is 15.1 Å². The number of hydrogen-bond acceptors (Lipinski definition) is 3. The van der Waals surface area contributed by atoms with Crippen LogP contribution in [0.4, 0.5) is 0 Å². The summed E-state index contributed by atoms with van der Waals surface area (Å²) in [6.45, 7) is 1.03. The normalized spacial score (nSPS) is 24.0. The molecule has 1 saturated heterocycles. The Morgan fingerprint density at radius 2 is 2.64 bits per heavy atom. The van der Waals surface area contributed by atoms with Crippen LogP contribution < -0.4 is 5.32 Å². The molecule has 4 heteroatoms. The predicted octanol–water partition coefficient (Wildman–Crippen LogP) is 0.0755. The average molecular weight is 195 g/mol. The molecule has 14 heavy (non-hydrogen) atoms. The van der Waals surface area contributed by atoms with Crippen molar-refractivity contribution < 1.29 is 5.11 Å². The van der Waals surface area contributed by atoms with Gasteiger partial charge in [-0.2, -0.15) is 5.10 Å². The summed E-state index contributed by atoms with van der Waals surface area (Å²) in [6, 6.07) is 2.22. The molecular formula is C10H17N3O. The molecule has 2 rings (SSSR count). The van der Waals surface area contributed by atoms with Gasteiger partial charge in [-0.25, -0.2) is 0 Å². The van der Waals surface area contributed by atoms with Crippen molar-refractivity contribution in [1.29, 1.82) is 0 Å². The van der Waals surface area contributed by atoms with Crippen molar-refractivity contribution in [3.8, 4) is 0 Å². The van der Waals surface area contributed by atoms with Gasteiger partial charge in [-0.15, -0.1) is 0 Å². The smallest absolute Gasteiger partial charge is 0.0749 e. The number of aryl methyl sites for hydroxylation is 1. The highest BCUT2D eigenvalue weighted by molar-refractivity contribution is 5.02. The maximum atomic E-state index is 9.90. The van der Waals surface area contributed by atoms with E-state index >= 15 is 0 Å². The van der Waals surface area contributed by atoms with Gasteiger partial charge in [0.2, 0.25) is 0 Å². The lowest BCUT2D eigenvalue weighted by atomic mass is 10.0. The van der Waals surface area contributed by atoms with Crippen LogP contribution in [0, 0.1) is 0 Å². The van der Waals surface area contributed by atoms with E-state index in [-0.39, 0.29) is 12.1 Å². The van der Waals surface area contributed by atoms with Crippen molar-refractivity contribution in [3.63, 3.8) is 0 Å². The Morgan fingerprint density at radius 3 is 3.21 bits per heavy atom. The molecule has 1 fully saturated rings. The number of aliphatic hydroxyl groups is 1. The molecule has 78 valence electrons. The molecule has 0 aliphatic carbocycles. The molecule has 4 nitrogen and oxygen atoms in total. The fourth-order valence-corrected chi connectivity index (χ4v) is 1.97. The van der Waals surface area contributed by atoms with Gasteiger partial charge in [0.15, 0.2) is 0 Å². The summed E-state index contributed by atoms with van der Waals surface area (Å²) in [5, 5.41) is 17.4. The minimum atomic E-state index is -0.299. The predicted molar refractivity (Wildman–Crippen MR) is 53.9 cm³/mol. The molecule has 0 saturated carbocycles. The quantitative estimate of drug-likeness (QED) is 0.718. The zero-order valence-corrected chi connectivity index (χ0v) is 8.48. The van der Waals surface area contributed by atoms with E-state index in [1.54, 1.807) is 4.68 Å². The molecule has 1 unspecified atom stereocenters. The molecule has 0 radical (unpaired) electrons. The van der Waals surface area contributed by atoms with E-state index < -0.39 is 0 Å². The van der Waals surface area contributed by atoms with Crippen molar-refractivity contribution in [2.24, 2.45) is 7.05 Å². The van der Waals surface area contributed by atoms with E-state index in [1.807, 2.05) is 19.3 Å². The number of nitrogens with zero attached hydrogens (tertiary/aromatic N) is 2. The Bertz CT molecular complexity index is 291. The lowest BCUT2D eigenvalue weighted by molar-refractivity contribution is 0.135. The zero-order chi connectivity index (χ0) is 9.97. The van der Waals surface area contributed by atoms with Gasteiger partial charge in [-0.3, -0.25) is 4.68 Å². The highest BCUT2D eigenvalue weighted by Crippen LogP contribution is 2.12. The first-order valence-corrected chi connectivity index (χ1v) is 5.15. The third-order valence-corrected chi connectivity index (χ3v) is 2.75. The van der Waals surface area contributed by atoms with Crippen molar-refractivity contribution in [2.45, 2.75) is 31.4 Å². The Morgan fingerprint density at radius 1 is 1.79 bits per heavy atom. The maximum absolute atomic E-state index is 9.90. The van der Waals surface area contributed by atoms with Gasteiger partial charge in [-0.05, 0) is 25.5 Å². The lowest BCUT2D eigenvalue weighted by Gasteiger charge is -2.16. The topological polar surface area (TPSA) is 50.1 Å². The molecule has 2 heterocycles. The Kier molecular flexibility index (Phi) is 2.84. The summed E-state index contributed by atoms with van der Waals surface area (Å²) in [5.41, 5.74) is 0.966. The SMILES string of the molecule is Cn1ccc(CC(O)[C@@H]2CCCN2)n1. The largest absolute Gasteiger partial charge is 0.391 e. The minimum absolute atomic E-state index is 0.261. The number of hydrogen-bond donors (Lipinski definition) is 2. The number of aromatic nitrogens is 2. The Labute approximate surface area is 83.9 Å². The van der Waals surface area contributed by atoms with E-state index in [1.165, 1.54) is 6.42 Å². The average Bonchev–Trinajstić information content (AvgIpc) is 2.75. The van der Waals surface area contributed by atoms with E-state index in [9.17, 15) is 5.11 Å². The van der Waals surface area contributed by atoms with Crippen molar-refractivity contribution in [3.05, 3.63) is 18.0 Å². The Hall–Kier alpha value is -0.870. The molecule has 0 aromatic carbocycles. The highest BCUT2D eigenvalue weighted by atomic mass is 16.3. The first-order valence-electron chi connectivity index (χ1n) is 5.15. The van der Waals surface area contributed by atoms with Gasteiger partial charge in [-0.1, -0.05) is 0 Å². The van der Waals surface area contributed by atoms with Crippen LogP contribution in [-0.2, 0) is 13.5 Å². The van der Waals surface area contributed by atoms with E-state index in [2.05, 4.69) is 10.4 Å². The van der Waals surface area contributed by atoms with Crippen LogP contribution in [-0.4, -0.2) is 33.6 Å². The summed E-state index contributed by atoms with van der Waals surface area (Å²) in [6.07, 6.45) is 4.51. The molecule has 0 bridgehead atoms. The summed E-state index contributed by atoms with van der Waals surface area (Å²) in [4.78, 5) is 0. The third-order valence-electron chi connectivity index (χ3n) is 2.75. The number of nitrogens with one attached hydrogen (secondary N) is 1. The van der Waals surface area contributed by atoms with E-state index in [0.717, 1.165) is 18.7 Å². The molecule has 1 aromatic rings. The minimum Gasteiger partial charge on any atom is -0.391 e. The van der Waals surface area contributed by atoms with Crippen LogP contribution in [0.2, 0.25) is 0 Å². The standard InChI is InChI=1S/C10H17N3O/c1-13-6-4-8(12-13)7-10(14)9-3-2-5-11-9/h4,6,9-11,14H,2-3,5,7H2,1H3/t9-,10?/m0/s1. The van der Waals surface area contributed by atoms with Crippen LogP contribution in [0.1, 0.15) is 18.5 Å². The van der Waals surface area contributed by atoms with Crippen LogP contribution in [0.15, 0.2) is 12.3 Å². The monoisotopic (exact) mass is 195 g/mol. The molecule has 2 atom stereocenters. The van der Waals surface area contributed by atoms with Crippen LogP contribution in [0.25, 0.3) is 0 Å². The van der Waals surface area contributed by atoms with Gasteiger partial charge in [0.25, 0.3) is 0 Å².